The highest BCUT2D eigenvalue weighted by Crippen LogP contribution is 2.13. The van der Waals surface area contributed by atoms with Gasteiger partial charge in [0.25, 0.3) is 0 Å². The maximum Gasteiger partial charge on any atom is 0.153 e. The molecule has 0 bridgehead atoms. The van der Waals surface area contributed by atoms with Crippen molar-refractivity contribution in [2.75, 3.05) is 32.4 Å². The minimum absolute atomic E-state index is 0.251. The van der Waals surface area contributed by atoms with Gasteiger partial charge in [-0.15, -0.1) is 0 Å². The summed E-state index contributed by atoms with van der Waals surface area (Å²) in [7, 11) is -0.754. The molecule has 0 aromatic heterocycles. The molecule has 0 aliphatic carbocycles. The van der Waals surface area contributed by atoms with Crippen LogP contribution in [0.2, 0.25) is 0 Å². The van der Waals surface area contributed by atoms with E-state index in [1.54, 1.807) is 13.8 Å². The van der Waals surface area contributed by atoms with Crippen LogP contribution >= 0.6 is 0 Å². The predicted molar refractivity (Wildman–Crippen MR) is 67.4 cm³/mol. The van der Waals surface area contributed by atoms with Gasteiger partial charge in [-0.2, -0.15) is 0 Å². The first-order chi connectivity index (χ1) is 7.43. The molecular formula is C11H24N2O2S. The molecule has 1 N–H and O–H groups in total. The Labute approximate surface area is 99.3 Å². The van der Waals surface area contributed by atoms with Gasteiger partial charge in [0, 0.05) is 19.1 Å². The zero-order valence-corrected chi connectivity index (χ0v) is 11.4. The molecule has 0 radical (unpaired) electrons. The fourth-order valence-electron chi connectivity index (χ4n) is 1.96. The predicted octanol–water partition coefficient (Wildman–Crippen LogP) is 0.493. The fraction of sp³-hybridized carbons (Fsp3) is 1.00. The van der Waals surface area contributed by atoms with Gasteiger partial charge in [0.05, 0.1) is 11.0 Å². The van der Waals surface area contributed by atoms with Crippen LogP contribution in [0.5, 0.6) is 0 Å². The van der Waals surface area contributed by atoms with Gasteiger partial charge in [-0.25, -0.2) is 8.42 Å². The van der Waals surface area contributed by atoms with E-state index in [0.29, 0.717) is 12.6 Å². The second-order valence-corrected chi connectivity index (χ2v) is 7.57. The molecule has 1 aliphatic heterocycles. The van der Waals surface area contributed by atoms with Gasteiger partial charge in [-0.3, -0.25) is 0 Å². The van der Waals surface area contributed by atoms with Gasteiger partial charge in [0.1, 0.15) is 0 Å². The summed E-state index contributed by atoms with van der Waals surface area (Å²) in [5.74, 6) is 0.251. The van der Waals surface area contributed by atoms with Gasteiger partial charge < -0.3 is 10.2 Å². The van der Waals surface area contributed by atoms with Crippen LogP contribution in [0.3, 0.4) is 0 Å². The van der Waals surface area contributed by atoms with E-state index in [2.05, 4.69) is 17.3 Å². The summed E-state index contributed by atoms with van der Waals surface area (Å²) in [5.41, 5.74) is 0. The van der Waals surface area contributed by atoms with E-state index in [4.69, 9.17) is 0 Å². The minimum atomic E-state index is -2.88. The lowest BCUT2D eigenvalue weighted by Gasteiger charge is -2.19. The van der Waals surface area contributed by atoms with E-state index in [1.807, 2.05) is 0 Å². The molecule has 0 aromatic rings. The quantitative estimate of drug-likeness (QED) is 0.695. The zero-order chi connectivity index (χ0) is 12.2. The SMILES string of the molecule is CC(C)S(=O)(=O)CCNCC1CCCN1C. The Morgan fingerprint density at radius 3 is 2.62 bits per heavy atom. The second kappa shape index (κ2) is 5.98. The van der Waals surface area contributed by atoms with Crippen LogP contribution < -0.4 is 5.32 Å². The molecular weight excluding hydrogens is 224 g/mol. The van der Waals surface area contributed by atoms with Crippen molar-refractivity contribution in [3.05, 3.63) is 0 Å². The Balaban J connectivity index is 2.17. The number of likely N-dealkylation sites (N-methyl/N-ethyl adjacent to an activating group) is 1. The monoisotopic (exact) mass is 248 g/mol. The maximum atomic E-state index is 11.5. The van der Waals surface area contributed by atoms with Crippen molar-refractivity contribution in [2.45, 2.75) is 38.0 Å². The molecule has 0 spiro atoms. The summed E-state index contributed by atoms with van der Waals surface area (Å²) in [6.07, 6.45) is 2.48. The van der Waals surface area contributed by atoms with Crippen molar-refractivity contribution in [3.8, 4) is 0 Å². The van der Waals surface area contributed by atoms with Crippen molar-refractivity contribution in [3.63, 3.8) is 0 Å². The maximum absolute atomic E-state index is 11.5. The molecule has 0 amide bonds. The third-order valence-electron chi connectivity index (χ3n) is 3.33. The summed E-state index contributed by atoms with van der Waals surface area (Å²) < 4.78 is 23.1. The van der Waals surface area contributed by atoms with Gasteiger partial charge in [-0.1, -0.05) is 0 Å². The van der Waals surface area contributed by atoms with Gasteiger partial charge in [-0.05, 0) is 40.3 Å². The number of rotatable bonds is 6. The van der Waals surface area contributed by atoms with Crippen molar-refractivity contribution >= 4 is 9.84 Å². The zero-order valence-electron chi connectivity index (χ0n) is 10.6. The van der Waals surface area contributed by atoms with Crippen LogP contribution in [0.1, 0.15) is 26.7 Å². The summed E-state index contributed by atoms with van der Waals surface area (Å²) in [4.78, 5) is 2.34. The first kappa shape index (κ1) is 13.9. The number of hydrogen-bond acceptors (Lipinski definition) is 4. The molecule has 4 nitrogen and oxygen atoms in total. The van der Waals surface area contributed by atoms with Crippen LogP contribution in [0.25, 0.3) is 0 Å². The Morgan fingerprint density at radius 2 is 2.12 bits per heavy atom. The highest BCUT2D eigenvalue weighted by atomic mass is 32.2. The van der Waals surface area contributed by atoms with E-state index in [9.17, 15) is 8.42 Å². The van der Waals surface area contributed by atoms with Crippen LogP contribution in [0.4, 0.5) is 0 Å². The number of nitrogens with zero attached hydrogens (tertiary/aromatic N) is 1. The van der Waals surface area contributed by atoms with E-state index < -0.39 is 9.84 Å². The number of nitrogens with one attached hydrogen (secondary N) is 1. The first-order valence-corrected chi connectivity index (χ1v) is 7.77. The Kier molecular flexibility index (Phi) is 5.21. The Morgan fingerprint density at radius 1 is 1.44 bits per heavy atom. The molecule has 0 saturated carbocycles. The fourth-order valence-corrected chi connectivity index (χ4v) is 2.86. The number of hydrogen-bond donors (Lipinski definition) is 1. The number of sulfone groups is 1. The minimum Gasteiger partial charge on any atom is -0.314 e. The lowest BCUT2D eigenvalue weighted by atomic mass is 10.2. The molecule has 96 valence electrons. The van der Waals surface area contributed by atoms with Gasteiger partial charge in [0.2, 0.25) is 0 Å². The first-order valence-electron chi connectivity index (χ1n) is 6.06. The summed E-state index contributed by atoms with van der Waals surface area (Å²) in [6, 6.07) is 0.585. The summed E-state index contributed by atoms with van der Waals surface area (Å²) >= 11 is 0. The number of likely N-dealkylation sites (tertiary alicyclic amines) is 1. The Hall–Kier alpha value is -0.130. The standard InChI is InChI=1S/C11H24N2O2S/c1-10(2)16(14,15)8-6-12-9-11-5-4-7-13(11)3/h10-12H,4-9H2,1-3H3. The highest BCUT2D eigenvalue weighted by Gasteiger charge is 2.20. The van der Waals surface area contributed by atoms with E-state index >= 15 is 0 Å². The smallest absolute Gasteiger partial charge is 0.153 e. The van der Waals surface area contributed by atoms with Gasteiger partial charge in [0.15, 0.2) is 9.84 Å². The topological polar surface area (TPSA) is 49.4 Å². The molecule has 0 aromatic carbocycles. The molecule has 16 heavy (non-hydrogen) atoms. The van der Waals surface area contributed by atoms with E-state index in [-0.39, 0.29) is 11.0 Å². The van der Waals surface area contributed by atoms with E-state index in [0.717, 1.165) is 13.1 Å². The Bertz CT molecular complexity index is 301. The highest BCUT2D eigenvalue weighted by molar-refractivity contribution is 7.92. The third kappa shape index (κ3) is 4.03. The molecule has 1 heterocycles. The van der Waals surface area contributed by atoms with Crippen molar-refractivity contribution in [1.29, 1.82) is 0 Å². The molecule has 1 rings (SSSR count). The summed E-state index contributed by atoms with van der Waals surface area (Å²) in [6.45, 7) is 6.12. The second-order valence-electron chi connectivity index (χ2n) is 4.90. The molecule has 1 atom stereocenters. The molecule has 1 unspecified atom stereocenters. The van der Waals surface area contributed by atoms with Crippen LogP contribution in [-0.4, -0.2) is 57.0 Å². The molecule has 1 saturated heterocycles. The van der Waals surface area contributed by atoms with Gasteiger partial charge >= 0.3 is 0 Å². The largest absolute Gasteiger partial charge is 0.314 e. The summed E-state index contributed by atoms with van der Waals surface area (Å²) in [5, 5.41) is 2.99. The average Bonchev–Trinajstić information content (AvgIpc) is 2.59. The van der Waals surface area contributed by atoms with Crippen molar-refractivity contribution in [1.82, 2.24) is 10.2 Å². The lowest BCUT2D eigenvalue weighted by molar-refractivity contribution is 0.302. The normalized spacial score (nSPS) is 23.1. The van der Waals surface area contributed by atoms with Crippen molar-refractivity contribution < 1.29 is 8.42 Å². The molecule has 5 heteroatoms. The molecule has 1 aliphatic rings. The van der Waals surface area contributed by atoms with Crippen molar-refractivity contribution in [2.24, 2.45) is 0 Å². The van der Waals surface area contributed by atoms with Crippen LogP contribution in [0.15, 0.2) is 0 Å². The van der Waals surface area contributed by atoms with Crippen LogP contribution in [-0.2, 0) is 9.84 Å². The van der Waals surface area contributed by atoms with E-state index in [1.165, 1.54) is 12.8 Å². The third-order valence-corrected chi connectivity index (χ3v) is 5.54. The average molecular weight is 248 g/mol. The lowest BCUT2D eigenvalue weighted by Crippen LogP contribution is -2.37. The van der Waals surface area contributed by atoms with Crippen LogP contribution in [0, 0.1) is 0 Å². The molecule has 1 fully saturated rings.